The summed E-state index contributed by atoms with van der Waals surface area (Å²) in [5.41, 5.74) is 3.73. The van der Waals surface area contributed by atoms with Crippen LogP contribution in [0.25, 0.3) is 16.9 Å². The Balaban J connectivity index is 2.11. The zero-order chi connectivity index (χ0) is 16.4. The highest BCUT2D eigenvalue weighted by atomic mass is 35.5. The van der Waals surface area contributed by atoms with Gasteiger partial charge in [-0.1, -0.05) is 36.7 Å². The number of amides is 1. The van der Waals surface area contributed by atoms with E-state index in [0.717, 1.165) is 22.6 Å². The summed E-state index contributed by atoms with van der Waals surface area (Å²) < 4.78 is 2.03. The molecule has 1 amide bonds. The van der Waals surface area contributed by atoms with Gasteiger partial charge in [0, 0.05) is 30.3 Å². The van der Waals surface area contributed by atoms with Crippen LogP contribution in [0.5, 0.6) is 0 Å². The average Bonchev–Trinajstić information content (AvgIpc) is 2.93. The molecular weight excluding hydrogens is 310 g/mol. The number of carbonyl (C=O) groups excluding carboxylic acids is 1. The highest BCUT2D eigenvalue weighted by Crippen LogP contribution is 2.26. The first-order valence-electron chi connectivity index (χ1n) is 7.56. The Bertz CT molecular complexity index is 839. The molecule has 0 aliphatic heterocycles. The van der Waals surface area contributed by atoms with Crippen molar-refractivity contribution in [3.05, 3.63) is 59.4 Å². The number of pyridine rings is 1. The maximum absolute atomic E-state index is 11.9. The smallest absolute Gasteiger partial charge is 0.222 e. The minimum atomic E-state index is 0.109. The molecule has 0 spiro atoms. The monoisotopic (exact) mass is 327 g/mol. The maximum Gasteiger partial charge on any atom is 0.222 e. The van der Waals surface area contributed by atoms with E-state index in [1.54, 1.807) is 4.90 Å². The molecule has 118 valence electrons. The summed E-state index contributed by atoms with van der Waals surface area (Å²) >= 11 is 5.98. The summed E-state index contributed by atoms with van der Waals surface area (Å²) in [6.45, 7) is 2.38. The first kappa shape index (κ1) is 15.6. The van der Waals surface area contributed by atoms with E-state index in [2.05, 4.69) is 0 Å². The van der Waals surface area contributed by atoms with Crippen LogP contribution in [-0.2, 0) is 11.3 Å². The number of benzene rings is 1. The molecule has 0 unspecified atom stereocenters. The van der Waals surface area contributed by atoms with E-state index < -0.39 is 0 Å². The van der Waals surface area contributed by atoms with E-state index in [-0.39, 0.29) is 5.91 Å². The number of halogens is 1. The molecule has 23 heavy (non-hydrogen) atoms. The van der Waals surface area contributed by atoms with Gasteiger partial charge in [0.15, 0.2) is 0 Å². The average molecular weight is 328 g/mol. The lowest BCUT2D eigenvalue weighted by molar-refractivity contribution is -0.130. The molecular formula is C18H18ClN3O. The Labute approximate surface area is 140 Å². The molecule has 4 nitrogen and oxygen atoms in total. The van der Waals surface area contributed by atoms with Gasteiger partial charge < -0.3 is 9.30 Å². The van der Waals surface area contributed by atoms with Crippen LogP contribution < -0.4 is 0 Å². The van der Waals surface area contributed by atoms with Crippen LogP contribution in [0.4, 0.5) is 0 Å². The molecule has 0 aliphatic carbocycles. The van der Waals surface area contributed by atoms with Gasteiger partial charge in [0.05, 0.1) is 17.9 Å². The molecule has 0 saturated heterocycles. The Kier molecular flexibility index (Phi) is 4.35. The van der Waals surface area contributed by atoms with Crippen molar-refractivity contribution in [2.24, 2.45) is 0 Å². The van der Waals surface area contributed by atoms with Gasteiger partial charge in [-0.25, -0.2) is 4.98 Å². The van der Waals surface area contributed by atoms with Crippen molar-refractivity contribution in [2.45, 2.75) is 19.9 Å². The summed E-state index contributed by atoms with van der Waals surface area (Å²) in [6, 6.07) is 13.5. The Morgan fingerprint density at radius 3 is 2.65 bits per heavy atom. The maximum atomic E-state index is 11.9. The highest BCUT2D eigenvalue weighted by molar-refractivity contribution is 6.30. The third-order valence-electron chi connectivity index (χ3n) is 3.86. The number of aromatic nitrogens is 2. The van der Waals surface area contributed by atoms with Crippen molar-refractivity contribution in [1.82, 2.24) is 14.3 Å². The number of carbonyl (C=O) groups is 1. The SMILES string of the molecule is CCC(=O)N(C)Cc1c(-c2ccc(Cl)cc2)nc2ccccn12. The molecule has 0 fully saturated rings. The molecule has 2 heterocycles. The molecule has 0 aliphatic rings. The first-order valence-corrected chi connectivity index (χ1v) is 7.94. The minimum Gasteiger partial charge on any atom is -0.340 e. The number of hydrogen-bond donors (Lipinski definition) is 0. The summed E-state index contributed by atoms with van der Waals surface area (Å²) in [5.74, 6) is 0.109. The van der Waals surface area contributed by atoms with Crippen LogP contribution in [0, 0.1) is 0 Å². The standard InChI is InChI=1S/C18H18ClN3O/c1-3-17(23)21(2)12-15-18(13-7-9-14(19)10-8-13)20-16-6-4-5-11-22(15)16/h4-11H,3,12H2,1-2H3. The topological polar surface area (TPSA) is 37.6 Å². The third kappa shape index (κ3) is 3.08. The number of fused-ring (bicyclic) bond motifs is 1. The molecule has 3 rings (SSSR count). The van der Waals surface area contributed by atoms with Gasteiger partial charge >= 0.3 is 0 Å². The van der Waals surface area contributed by atoms with E-state index in [1.165, 1.54) is 0 Å². The lowest BCUT2D eigenvalue weighted by atomic mass is 10.1. The molecule has 0 bridgehead atoms. The largest absolute Gasteiger partial charge is 0.340 e. The molecule has 0 saturated carbocycles. The quantitative estimate of drug-likeness (QED) is 0.725. The minimum absolute atomic E-state index is 0.109. The molecule has 0 radical (unpaired) electrons. The fourth-order valence-corrected chi connectivity index (χ4v) is 2.75. The lowest BCUT2D eigenvalue weighted by Gasteiger charge is -2.17. The Morgan fingerprint density at radius 2 is 1.96 bits per heavy atom. The fourth-order valence-electron chi connectivity index (χ4n) is 2.62. The number of imidazole rings is 1. The van der Waals surface area contributed by atoms with Crippen molar-refractivity contribution in [2.75, 3.05) is 7.05 Å². The van der Waals surface area contributed by atoms with Crippen LogP contribution in [0.15, 0.2) is 48.7 Å². The second-order valence-corrected chi connectivity index (χ2v) is 5.88. The predicted molar refractivity (Wildman–Crippen MR) is 92.4 cm³/mol. The van der Waals surface area contributed by atoms with Crippen molar-refractivity contribution in [3.8, 4) is 11.3 Å². The second-order valence-electron chi connectivity index (χ2n) is 5.45. The van der Waals surface area contributed by atoms with Crippen LogP contribution in [-0.4, -0.2) is 27.2 Å². The first-order chi connectivity index (χ1) is 11.1. The number of nitrogens with zero attached hydrogens (tertiary/aromatic N) is 3. The van der Waals surface area contributed by atoms with Gasteiger partial charge in [0.25, 0.3) is 0 Å². The normalized spacial score (nSPS) is 10.9. The Hall–Kier alpha value is -2.33. The molecule has 3 aromatic rings. The molecule has 1 aromatic carbocycles. The summed E-state index contributed by atoms with van der Waals surface area (Å²) in [7, 11) is 1.82. The van der Waals surface area contributed by atoms with Gasteiger partial charge in [-0.15, -0.1) is 0 Å². The Morgan fingerprint density at radius 1 is 1.22 bits per heavy atom. The number of rotatable bonds is 4. The van der Waals surface area contributed by atoms with E-state index in [1.807, 2.05) is 67.0 Å². The van der Waals surface area contributed by atoms with Crippen LogP contribution >= 0.6 is 11.6 Å². The van der Waals surface area contributed by atoms with E-state index >= 15 is 0 Å². The zero-order valence-corrected chi connectivity index (χ0v) is 13.9. The summed E-state index contributed by atoms with van der Waals surface area (Å²) in [4.78, 5) is 18.4. The molecule has 2 aromatic heterocycles. The highest BCUT2D eigenvalue weighted by Gasteiger charge is 2.17. The number of hydrogen-bond acceptors (Lipinski definition) is 2. The summed E-state index contributed by atoms with van der Waals surface area (Å²) in [6.07, 6.45) is 2.46. The zero-order valence-electron chi connectivity index (χ0n) is 13.2. The summed E-state index contributed by atoms with van der Waals surface area (Å²) in [5, 5.41) is 0.692. The van der Waals surface area contributed by atoms with Gasteiger partial charge in [-0.05, 0) is 24.3 Å². The van der Waals surface area contributed by atoms with E-state index in [0.29, 0.717) is 18.0 Å². The van der Waals surface area contributed by atoms with E-state index in [4.69, 9.17) is 16.6 Å². The van der Waals surface area contributed by atoms with Gasteiger partial charge in [-0.2, -0.15) is 0 Å². The van der Waals surface area contributed by atoms with Crippen LogP contribution in [0.2, 0.25) is 5.02 Å². The van der Waals surface area contributed by atoms with Crippen molar-refractivity contribution in [1.29, 1.82) is 0 Å². The fraction of sp³-hybridized carbons (Fsp3) is 0.222. The third-order valence-corrected chi connectivity index (χ3v) is 4.11. The molecule has 0 N–H and O–H groups in total. The molecule has 5 heteroatoms. The van der Waals surface area contributed by atoms with Gasteiger partial charge in [0.2, 0.25) is 5.91 Å². The van der Waals surface area contributed by atoms with Crippen LogP contribution in [0.3, 0.4) is 0 Å². The van der Waals surface area contributed by atoms with Crippen molar-refractivity contribution >= 4 is 23.2 Å². The molecule has 0 atom stereocenters. The van der Waals surface area contributed by atoms with Gasteiger partial charge in [-0.3, -0.25) is 4.79 Å². The second kappa shape index (κ2) is 6.42. The van der Waals surface area contributed by atoms with Crippen LogP contribution in [0.1, 0.15) is 19.0 Å². The lowest BCUT2D eigenvalue weighted by Crippen LogP contribution is -2.26. The van der Waals surface area contributed by atoms with Gasteiger partial charge in [0.1, 0.15) is 5.65 Å². The van der Waals surface area contributed by atoms with Crippen molar-refractivity contribution < 1.29 is 4.79 Å². The van der Waals surface area contributed by atoms with E-state index in [9.17, 15) is 4.79 Å². The van der Waals surface area contributed by atoms with Crippen molar-refractivity contribution in [3.63, 3.8) is 0 Å². The predicted octanol–water partition coefficient (Wildman–Crippen LogP) is 4.02.